The summed E-state index contributed by atoms with van der Waals surface area (Å²) in [6.45, 7) is 8.03. The molecule has 65 heavy (non-hydrogen) atoms. The third kappa shape index (κ3) is 9.86. The highest BCUT2D eigenvalue weighted by atomic mass is 35.5. The summed E-state index contributed by atoms with van der Waals surface area (Å²) in [7, 11) is 2.59. The summed E-state index contributed by atoms with van der Waals surface area (Å²) < 4.78 is 20.9. The molecule has 16 nitrogen and oxygen atoms in total. The van der Waals surface area contributed by atoms with E-state index in [0.29, 0.717) is 97.8 Å². The smallest absolute Gasteiger partial charge is 0.407 e. The fraction of sp³-hybridized carbons (Fsp3) is 0.532. The monoisotopic (exact) mass is 932 g/mol. The van der Waals surface area contributed by atoms with Crippen LogP contribution in [0.3, 0.4) is 0 Å². The third-order valence-corrected chi connectivity index (χ3v) is 14.3. The molecule has 4 fully saturated rings. The third-order valence-electron chi connectivity index (χ3n) is 13.7. The number of carbonyl (C=O) groups excluding carboxylic acids is 4. The number of imidazole rings is 2. The van der Waals surface area contributed by atoms with Crippen molar-refractivity contribution in [1.82, 2.24) is 40.4 Å². The molecule has 4 N–H and O–H groups in total. The minimum absolute atomic E-state index is 0.0609. The summed E-state index contributed by atoms with van der Waals surface area (Å²) in [4.78, 5) is 73.5. The molecule has 4 aliphatic rings. The molecule has 3 aliphatic heterocycles. The van der Waals surface area contributed by atoms with Gasteiger partial charge in [0.2, 0.25) is 11.8 Å². The SMILES string of the molecule is CC[C@H](C)N(C(=O)[C@@H](NC(=O)OC)C1CCOCC1)[C@@H](C)c1nc(-c2ccc(-c3ccc(-c4nc([C@@H]5C[C@H]6C[C@H]6N5C(=O)[C@@H](NC(=O)OC)C5CCOCC5)[nH]c4Cl)cc3)cc2)c(Cl)[nH]1. The van der Waals surface area contributed by atoms with Gasteiger partial charge in [-0.25, -0.2) is 19.6 Å². The van der Waals surface area contributed by atoms with E-state index in [1.807, 2.05) is 74.2 Å². The Kier molecular flexibility index (Phi) is 14.4. The van der Waals surface area contributed by atoms with Crippen LogP contribution in [0.2, 0.25) is 10.3 Å². The number of nitrogens with zero attached hydrogens (tertiary/aromatic N) is 4. The van der Waals surface area contributed by atoms with Gasteiger partial charge >= 0.3 is 12.2 Å². The van der Waals surface area contributed by atoms with E-state index in [9.17, 15) is 19.2 Å². The van der Waals surface area contributed by atoms with E-state index in [1.54, 1.807) is 4.90 Å². The van der Waals surface area contributed by atoms with Crippen LogP contribution >= 0.6 is 23.2 Å². The van der Waals surface area contributed by atoms with E-state index < -0.39 is 30.3 Å². The number of hydrogen-bond acceptors (Lipinski definition) is 10. The Hall–Kier alpha value is -5.16. The predicted octanol–water partition coefficient (Wildman–Crippen LogP) is 8.09. The second kappa shape index (κ2) is 20.1. The van der Waals surface area contributed by atoms with Gasteiger partial charge in [-0.1, -0.05) is 78.7 Å². The number of fused-ring (bicyclic) bond motifs is 1. The number of aromatic amines is 2. The molecular weight excluding hydrogens is 875 g/mol. The zero-order valence-corrected chi connectivity index (χ0v) is 38.9. The number of likely N-dealkylation sites (tertiary alicyclic amines) is 1. The quantitative estimate of drug-likeness (QED) is 0.0961. The van der Waals surface area contributed by atoms with Crippen molar-refractivity contribution in [3.8, 4) is 33.6 Å². The molecule has 1 saturated carbocycles. The van der Waals surface area contributed by atoms with Gasteiger partial charge in [0.05, 0.1) is 26.3 Å². The standard InChI is InChI=1S/C47H58Cl2N8O8/c1-6-25(2)56(44(58)38(52-46(60)62-4)31-15-19-64-20-16-31)26(3)42-50-36(40(48)54-42)29-11-7-27(8-12-29)28-9-13-30(14-10-28)37-41(49)55-43(51-37)35-24-33-23-34(33)57(35)45(59)39(53-47(61)63-5)32-17-21-65-22-18-32/h7-14,25-26,31-35,38-39H,6,15-24H2,1-5H3,(H,50,54)(H,51,55)(H,52,60)(H,53,61)/t25-,26-,33+,34+,35-,38-,39-/m0/s1. The molecule has 348 valence electrons. The first-order valence-electron chi connectivity index (χ1n) is 22.6. The lowest BCUT2D eigenvalue weighted by Crippen LogP contribution is -2.55. The summed E-state index contributed by atoms with van der Waals surface area (Å²) in [6.07, 6.45) is 3.72. The van der Waals surface area contributed by atoms with Gasteiger partial charge in [-0.2, -0.15) is 0 Å². The van der Waals surface area contributed by atoms with E-state index in [4.69, 9.17) is 52.1 Å². The van der Waals surface area contributed by atoms with Crippen LogP contribution in [0.5, 0.6) is 0 Å². The summed E-state index contributed by atoms with van der Waals surface area (Å²) in [5.74, 6) is 1.02. The van der Waals surface area contributed by atoms with E-state index in [-0.39, 0.29) is 41.8 Å². The van der Waals surface area contributed by atoms with Crippen LogP contribution in [-0.2, 0) is 28.5 Å². The van der Waals surface area contributed by atoms with Crippen molar-refractivity contribution in [3.63, 3.8) is 0 Å². The molecule has 2 aromatic heterocycles. The summed E-state index contributed by atoms with van der Waals surface area (Å²) >= 11 is 13.6. The van der Waals surface area contributed by atoms with Gasteiger partial charge in [0.1, 0.15) is 45.4 Å². The van der Waals surface area contributed by atoms with E-state index in [1.165, 1.54) is 14.2 Å². The molecule has 4 amide bonds. The second-order valence-electron chi connectivity index (χ2n) is 17.6. The van der Waals surface area contributed by atoms with E-state index in [0.717, 1.165) is 35.1 Å². The normalized spacial score (nSPS) is 21.7. The molecule has 4 aromatic rings. The topological polar surface area (TPSA) is 193 Å². The highest BCUT2D eigenvalue weighted by Gasteiger charge is 2.57. The maximum atomic E-state index is 14.4. The molecule has 5 heterocycles. The molecule has 0 unspecified atom stereocenters. The number of benzene rings is 2. The van der Waals surface area contributed by atoms with Gasteiger partial charge in [-0.3, -0.25) is 9.59 Å². The summed E-state index contributed by atoms with van der Waals surface area (Å²) in [6, 6.07) is 13.5. The Bertz CT molecular complexity index is 2330. The molecule has 3 saturated heterocycles. The van der Waals surface area contributed by atoms with E-state index >= 15 is 0 Å². The predicted molar refractivity (Wildman–Crippen MR) is 244 cm³/mol. The zero-order chi connectivity index (χ0) is 45.9. The molecule has 2 aromatic carbocycles. The summed E-state index contributed by atoms with van der Waals surface area (Å²) in [5, 5.41) is 6.38. The number of H-pyrrole nitrogens is 2. The van der Waals surface area contributed by atoms with Crippen LogP contribution in [0.15, 0.2) is 48.5 Å². The number of nitrogens with one attached hydrogen (secondary N) is 4. The highest BCUT2D eigenvalue weighted by Crippen LogP contribution is 2.54. The van der Waals surface area contributed by atoms with Crippen molar-refractivity contribution >= 4 is 47.2 Å². The Labute approximate surface area is 388 Å². The number of amides is 4. The minimum atomic E-state index is -0.784. The van der Waals surface area contributed by atoms with Crippen LogP contribution in [0, 0.1) is 17.8 Å². The molecule has 18 heteroatoms. The van der Waals surface area contributed by atoms with Crippen molar-refractivity contribution in [2.75, 3.05) is 40.6 Å². The lowest BCUT2D eigenvalue weighted by molar-refractivity contribution is -0.140. The number of methoxy groups -OCH3 is 2. The van der Waals surface area contributed by atoms with E-state index in [2.05, 4.69) is 20.6 Å². The van der Waals surface area contributed by atoms with Crippen molar-refractivity contribution < 1.29 is 38.1 Å². The average Bonchev–Trinajstić information content (AvgIpc) is 3.59. The number of halogens is 2. The number of rotatable bonds is 14. The Balaban J connectivity index is 0.965. The van der Waals surface area contributed by atoms with Crippen molar-refractivity contribution in [1.29, 1.82) is 0 Å². The number of alkyl carbamates (subject to hydrolysis) is 2. The van der Waals surface area contributed by atoms with Crippen molar-refractivity contribution in [2.24, 2.45) is 17.8 Å². The largest absolute Gasteiger partial charge is 0.453 e. The maximum Gasteiger partial charge on any atom is 0.407 e. The second-order valence-corrected chi connectivity index (χ2v) is 18.3. The fourth-order valence-corrected chi connectivity index (χ4v) is 10.3. The van der Waals surface area contributed by atoms with Crippen LogP contribution in [0.4, 0.5) is 9.59 Å². The molecule has 8 rings (SSSR count). The number of hydrogen-bond donors (Lipinski definition) is 4. The lowest BCUT2D eigenvalue weighted by atomic mass is 9.90. The van der Waals surface area contributed by atoms with Crippen molar-refractivity contribution in [3.05, 3.63) is 70.5 Å². The minimum Gasteiger partial charge on any atom is -0.453 e. The number of aromatic nitrogens is 4. The molecular formula is C47H58Cl2N8O8. The summed E-state index contributed by atoms with van der Waals surface area (Å²) in [5.41, 5.74) is 4.72. The van der Waals surface area contributed by atoms with Crippen LogP contribution in [-0.4, -0.2) is 119 Å². The lowest BCUT2D eigenvalue weighted by Gasteiger charge is -2.39. The Morgan fingerprint density at radius 1 is 0.754 bits per heavy atom. The van der Waals surface area contributed by atoms with Crippen LogP contribution in [0.1, 0.15) is 89.4 Å². The van der Waals surface area contributed by atoms with Gasteiger partial charge in [0, 0.05) is 49.6 Å². The number of carbonyl (C=O) groups is 4. The number of ether oxygens (including phenoxy) is 4. The van der Waals surface area contributed by atoms with Crippen molar-refractivity contribution in [2.45, 2.75) is 102 Å². The first-order valence-corrected chi connectivity index (χ1v) is 23.4. The fourth-order valence-electron chi connectivity index (χ4n) is 9.81. The van der Waals surface area contributed by atoms with Gasteiger partial charge in [0.25, 0.3) is 0 Å². The van der Waals surface area contributed by atoms with Gasteiger partial charge < -0.3 is 49.3 Å². The molecule has 7 atom stereocenters. The van der Waals surface area contributed by atoms with Gasteiger partial charge in [-0.05, 0) is 87.7 Å². The highest BCUT2D eigenvalue weighted by molar-refractivity contribution is 6.32. The molecule has 0 bridgehead atoms. The van der Waals surface area contributed by atoms with Gasteiger partial charge in [-0.15, -0.1) is 0 Å². The molecule has 1 aliphatic carbocycles. The van der Waals surface area contributed by atoms with Crippen LogP contribution in [0.25, 0.3) is 33.6 Å². The molecule has 0 spiro atoms. The maximum absolute atomic E-state index is 14.4. The van der Waals surface area contributed by atoms with Crippen LogP contribution < -0.4 is 10.6 Å². The van der Waals surface area contributed by atoms with Gasteiger partial charge in [0.15, 0.2) is 0 Å². The first kappa shape index (κ1) is 46.4. The average molecular weight is 934 g/mol. The molecule has 0 radical (unpaired) electrons. The first-order chi connectivity index (χ1) is 31.4. The Morgan fingerprint density at radius 3 is 1.78 bits per heavy atom. The Morgan fingerprint density at radius 2 is 1.25 bits per heavy atom. The number of piperidine rings is 1. The zero-order valence-electron chi connectivity index (χ0n) is 37.4.